The monoisotopic (exact) mass is 615 g/mol. The van der Waals surface area contributed by atoms with Crippen LogP contribution < -0.4 is 15.1 Å². The van der Waals surface area contributed by atoms with Crippen molar-refractivity contribution in [1.29, 1.82) is 0 Å². The number of pyridine rings is 2. The molecule has 3 aromatic rings. The number of hydrogen-bond donors (Lipinski definition) is 2. The molecule has 2 N–H and O–H groups in total. The highest BCUT2D eigenvalue weighted by Gasteiger charge is 2.38. The number of halogens is 1. The average Bonchev–Trinajstić information content (AvgIpc) is 2.92. The minimum Gasteiger partial charge on any atom is -0.388 e. The molecule has 234 valence electrons. The molecule has 0 aromatic carbocycles. The lowest BCUT2D eigenvalue weighted by atomic mass is 9.90. The maximum absolute atomic E-state index is 14.9. The van der Waals surface area contributed by atoms with Gasteiger partial charge in [0.05, 0.1) is 48.2 Å². The van der Waals surface area contributed by atoms with Crippen molar-refractivity contribution in [3.63, 3.8) is 0 Å². The van der Waals surface area contributed by atoms with Crippen molar-refractivity contribution in [3.05, 3.63) is 36.4 Å². The van der Waals surface area contributed by atoms with Gasteiger partial charge in [-0.1, -0.05) is 13.8 Å². The van der Waals surface area contributed by atoms with E-state index in [1.54, 1.807) is 31.0 Å². The van der Waals surface area contributed by atoms with E-state index in [0.717, 1.165) is 22.2 Å². The summed E-state index contributed by atoms with van der Waals surface area (Å²) in [7, 11) is -3.05. The zero-order valence-corrected chi connectivity index (χ0v) is 26.5. The van der Waals surface area contributed by atoms with Gasteiger partial charge in [0.1, 0.15) is 27.6 Å². The first-order valence-electron chi connectivity index (χ1n) is 14.7. The summed E-state index contributed by atoms with van der Waals surface area (Å²) in [6, 6.07) is 3.78. The molecule has 11 nitrogen and oxygen atoms in total. The Bertz CT molecular complexity index is 1570. The second-order valence-corrected chi connectivity index (χ2v) is 15.0. The zero-order valence-electron chi connectivity index (χ0n) is 25.7. The van der Waals surface area contributed by atoms with Gasteiger partial charge in [0.25, 0.3) is 0 Å². The van der Waals surface area contributed by atoms with Crippen molar-refractivity contribution < 1.29 is 22.7 Å². The Balaban J connectivity index is 1.33. The van der Waals surface area contributed by atoms with Gasteiger partial charge in [-0.2, -0.15) is 4.98 Å². The molecule has 0 unspecified atom stereocenters. The lowest BCUT2D eigenvalue weighted by Crippen LogP contribution is -2.57. The molecule has 4 atom stereocenters. The maximum Gasteiger partial charge on any atom is 0.227 e. The van der Waals surface area contributed by atoms with Gasteiger partial charge in [-0.05, 0) is 45.2 Å². The smallest absolute Gasteiger partial charge is 0.227 e. The number of fused-ring (bicyclic) bond motifs is 1. The van der Waals surface area contributed by atoms with Gasteiger partial charge in [-0.15, -0.1) is 0 Å². The van der Waals surface area contributed by atoms with E-state index in [1.807, 2.05) is 25.4 Å². The first kappa shape index (κ1) is 31.3. The predicted octanol–water partition coefficient (Wildman–Crippen LogP) is 3.86. The molecule has 5 heterocycles. The minimum absolute atomic E-state index is 0.0725. The van der Waals surface area contributed by atoms with E-state index in [2.05, 4.69) is 39.0 Å². The highest BCUT2D eigenvalue weighted by Crippen LogP contribution is 2.38. The van der Waals surface area contributed by atoms with Crippen molar-refractivity contribution in [2.75, 3.05) is 53.4 Å². The number of piperidine rings is 1. The summed E-state index contributed by atoms with van der Waals surface area (Å²) in [6.07, 6.45) is 5.26. The lowest BCUT2D eigenvalue weighted by molar-refractivity contribution is -0.0806. The molecule has 0 radical (unpaired) electrons. The molecule has 0 bridgehead atoms. The van der Waals surface area contributed by atoms with Crippen LogP contribution in [0.15, 0.2) is 30.7 Å². The Kier molecular flexibility index (Phi) is 8.79. The number of sulfone groups is 1. The van der Waals surface area contributed by atoms with Crippen molar-refractivity contribution in [2.45, 2.75) is 70.9 Å². The topological polar surface area (TPSA) is 134 Å². The average molecular weight is 616 g/mol. The van der Waals surface area contributed by atoms with Crippen LogP contribution in [-0.2, 0) is 14.6 Å². The Hall–Kier alpha value is -3.16. The van der Waals surface area contributed by atoms with Crippen molar-refractivity contribution >= 4 is 43.9 Å². The number of rotatable bonds is 10. The molecule has 3 aromatic heterocycles. The molecule has 0 amide bonds. The van der Waals surface area contributed by atoms with Crippen LogP contribution >= 0.6 is 0 Å². The molecule has 0 saturated carbocycles. The van der Waals surface area contributed by atoms with Crippen LogP contribution in [0.4, 0.5) is 27.7 Å². The molecule has 2 fully saturated rings. The summed E-state index contributed by atoms with van der Waals surface area (Å²) in [4.78, 5) is 22.5. The molecule has 43 heavy (non-hydrogen) atoms. The van der Waals surface area contributed by atoms with Gasteiger partial charge in [-0.3, -0.25) is 4.98 Å². The molecule has 5 rings (SSSR count). The van der Waals surface area contributed by atoms with E-state index in [4.69, 9.17) is 9.72 Å². The van der Waals surface area contributed by atoms with Crippen LogP contribution in [-0.4, -0.2) is 95.6 Å². The summed E-state index contributed by atoms with van der Waals surface area (Å²) < 4.78 is 44.2. The third-order valence-electron chi connectivity index (χ3n) is 8.07. The summed E-state index contributed by atoms with van der Waals surface area (Å²) in [6.45, 7) is 10.9. The predicted molar refractivity (Wildman–Crippen MR) is 167 cm³/mol. The third kappa shape index (κ3) is 7.32. The number of anilines is 4. The SMILES string of the molecule is CC(C)c1ncc(N2C[C@H](CS(C)(=O)=O)[C@H]2C)c2cnc(Nc3ccnc(N4CC[C@@H](OCC(C)(C)O)[C@@H](F)C4)n3)cc12. The van der Waals surface area contributed by atoms with Crippen LogP contribution in [0.1, 0.15) is 52.7 Å². The van der Waals surface area contributed by atoms with E-state index in [1.165, 1.54) is 6.26 Å². The van der Waals surface area contributed by atoms with Gasteiger partial charge in [0, 0.05) is 54.5 Å². The molecule has 2 aliphatic heterocycles. The summed E-state index contributed by atoms with van der Waals surface area (Å²) in [5.41, 5.74) is 0.869. The molecule has 2 aliphatic rings. The number of hydrogen-bond acceptors (Lipinski definition) is 11. The molecule has 2 saturated heterocycles. The van der Waals surface area contributed by atoms with E-state index >= 15 is 0 Å². The fourth-order valence-corrected chi connectivity index (χ4v) is 6.91. The largest absolute Gasteiger partial charge is 0.388 e. The van der Waals surface area contributed by atoms with Crippen LogP contribution in [0.5, 0.6) is 0 Å². The van der Waals surface area contributed by atoms with Crippen molar-refractivity contribution in [1.82, 2.24) is 19.9 Å². The maximum atomic E-state index is 14.9. The van der Waals surface area contributed by atoms with Gasteiger partial charge in [0.15, 0.2) is 0 Å². The minimum atomic E-state index is -3.05. The fraction of sp³-hybridized carbons (Fsp3) is 0.600. The lowest BCUT2D eigenvalue weighted by Gasteiger charge is -2.48. The fourth-order valence-electron chi connectivity index (χ4n) is 5.75. The van der Waals surface area contributed by atoms with Gasteiger partial charge in [-0.25, -0.2) is 22.8 Å². The van der Waals surface area contributed by atoms with E-state index in [0.29, 0.717) is 37.1 Å². The Labute approximate surface area is 252 Å². The quantitative estimate of drug-likeness (QED) is 0.344. The van der Waals surface area contributed by atoms with E-state index < -0.39 is 27.7 Å². The van der Waals surface area contributed by atoms with Crippen LogP contribution in [0.25, 0.3) is 10.8 Å². The normalized spacial score (nSPS) is 23.1. The second-order valence-electron chi connectivity index (χ2n) is 12.8. The van der Waals surface area contributed by atoms with Crippen LogP contribution in [0, 0.1) is 5.92 Å². The summed E-state index contributed by atoms with van der Waals surface area (Å²) >= 11 is 0. The summed E-state index contributed by atoms with van der Waals surface area (Å²) in [5.74, 6) is 1.96. The Morgan fingerprint density at radius 2 is 1.93 bits per heavy atom. The molecular weight excluding hydrogens is 573 g/mol. The number of ether oxygens (including phenoxy) is 1. The first-order chi connectivity index (χ1) is 20.2. The standard InChI is InChI=1S/C30H42FN7O4S/c1-18(2)28-21-11-27(33-12-22(21)24(13-34-28)38-14-20(19(38)3)16-43(6,40)41)35-26-7-9-32-29(36-26)37-10-8-25(23(31)15-37)42-17-30(4,5)39/h7,9,11-13,18-20,23,25,39H,8,10,14-17H2,1-6H3,(H,32,33,35,36)/t19-,20-,23+,25-/m1/s1. The number of nitrogens with zero attached hydrogens (tertiary/aromatic N) is 6. The second kappa shape index (κ2) is 12.1. The number of nitrogens with one attached hydrogen (secondary N) is 1. The van der Waals surface area contributed by atoms with Crippen molar-refractivity contribution in [2.24, 2.45) is 5.92 Å². The third-order valence-corrected chi connectivity index (χ3v) is 9.11. The van der Waals surface area contributed by atoms with Crippen molar-refractivity contribution in [3.8, 4) is 0 Å². The molecule has 0 aliphatic carbocycles. The van der Waals surface area contributed by atoms with Gasteiger partial charge >= 0.3 is 0 Å². The molecule has 13 heteroatoms. The zero-order chi connectivity index (χ0) is 31.1. The van der Waals surface area contributed by atoms with Crippen LogP contribution in [0.3, 0.4) is 0 Å². The van der Waals surface area contributed by atoms with Gasteiger partial charge < -0.3 is 25.0 Å². The highest BCUT2D eigenvalue weighted by molar-refractivity contribution is 7.90. The number of alkyl halides is 1. The Morgan fingerprint density at radius 3 is 2.58 bits per heavy atom. The van der Waals surface area contributed by atoms with E-state index in [-0.39, 0.29) is 36.8 Å². The number of aliphatic hydroxyl groups is 1. The number of aromatic nitrogens is 4. The molecule has 0 spiro atoms. The first-order valence-corrected chi connectivity index (χ1v) is 16.8. The highest BCUT2D eigenvalue weighted by atomic mass is 32.2. The van der Waals surface area contributed by atoms with E-state index in [9.17, 15) is 17.9 Å². The van der Waals surface area contributed by atoms with Gasteiger partial charge in [0.2, 0.25) is 5.95 Å². The molecular formula is C30H42FN7O4S. The van der Waals surface area contributed by atoms with Crippen LogP contribution in [0.2, 0.25) is 0 Å². The summed E-state index contributed by atoms with van der Waals surface area (Å²) in [5, 5.41) is 15.1. The Morgan fingerprint density at radius 1 is 1.16 bits per heavy atom.